The molecule has 0 saturated carbocycles. The minimum Gasteiger partial charge on any atom is -0.434 e. The maximum absolute atomic E-state index is 11.3. The zero-order valence-corrected chi connectivity index (χ0v) is 10.8. The quantitative estimate of drug-likeness (QED) is 0.936. The summed E-state index contributed by atoms with van der Waals surface area (Å²) in [6.07, 6.45) is 5.64. The van der Waals surface area contributed by atoms with E-state index in [-0.39, 0.29) is 15.9 Å². The van der Waals surface area contributed by atoms with Crippen LogP contribution in [-0.4, -0.2) is 19.7 Å². The van der Waals surface area contributed by atoms with Gasteiger partial charge in [0.2, 0.25) is 5.88 Å². The molecule has 0 aliphatic rings. The third-order valence-corrected chi connectivity index (χ3v) is 2.74. The molecule has 6 nitrogen and oxygen atoms in total. The fraction of sp³-hybridized carbons (Fsp3) is 0.300. The Bertz CT molecular complexity index is 563. The highest BCUT2D eigenvalue weighted by molar-refractivity contribution is 9.10. The predicted molar refractivity (Wildman–Crippen MR) is 65.1 cm³/mol. The van der Waals surface area contributed by atoms with Crippen molar-refractivity contribution in [2.45, 2.75) is 19.9 Å². The molecule has 0 saturated heterocycles. The fourth-order valence-corrected chi connectivity index (χ4v) is 1.60. The highest BCUT2D eigenvalue weighted by atomic mass is 79.9. The van der Waals surface area contributed by atoms with Crippen molar-refractivity contribution in [1.82, 2.24) is 19.7 Å². The number of aryl methyl sites for hydroxylation is 1. The van der Waals surface area contributed by atoms with Gasteiger partial charge in [-0.1, -0.05) is 6.92 Å². The molecule has 90 valence electrons. The first-order valence-electron chi connectivity index (χ1n) is 5.14. The number of rotatable bonds is 4. The van der Waals surface area contributed by atoms with Crippen molar-refractivity contribution in [3.8, 4) is 11.6 Å². The summed E-state index contributed by atoms with van der Waals surface area (Å²) in [4.78, 5) is 17.7. The summed E-state index contributed by atoms with van der Waals surface area (Å²) in [5.74, 6) is 0.780. The summed E-state index contributed by atoms with van der Waals surface area (Å²) in [6, 6.07) is 0. The van der Waals surface area contributed by atoms with Crippen LogP contribution in [0.4, 0.5) is 0 Å². The van der Waals surface area contributed by atoms with Gasteiger partial charge in [-0.25, -0.2) is 4.98 Å². The van der Waals surface area contributed by atoms with Gasteiger partial charge in [0.05, 0.1) is 18.7 Å². The van der Waals surface area contributed by atoms with Gasteiger partial charge in [0.25, 0.3) is 5.56 Å². The first kappa shape index (κ1) is 11.8. The molecule has 0 unspecified atom stereocenters. The lowest BCUT2D eigenvalue weighted by molar-refractivity contribution is 0.455. The normalized spacial score (nSPS) is 10.5. The number of hydrogen-bond donors (Lipinski definition) is 1. The molecule has 0 aromatic carbocycles. The van der Waals surface area contributed by atoms with Crippen LogP contribution in [-0.2, 0) is 6.54 Å². The van der Waals surface area contributed by atoms with Gasteiger partial charge in [0.1, 0.15) is 4.47 Å². The molecule has 0 spiro atoms. The molecule has 0 fully saturated rings. The molecular formula is C10H11BrN4O2. The average Bonchev–Trinajstić information content (AvgIpc) is 2.73. The lowest BCUT2D eigenvalue weighted by Crippen LogP contribution is -2.08. The molecule has 0 amide bonds. The minimum absolute atomic E-state index is 0.227. The SMILES string of the molecule is CCCn1cc(Oc2nc[nH]c(=O)c2Br)cn1. The van der Waals surface area contributed by atoms with Gasteiger partial charge < -0.3 is 9.72 Å². The van der Waals surface area contributed by atoms with Gasteiger partial charge in [0.15, 0.2) is 5.75 Å². The lowest BCUT2D eigenvalue weighted by atomic mass is 10.5. The van der Waals surface area contributed by atoms with E-state index in [1.165, 1.54) is 6.33 Å². The van der Waals surface area contributed by atoms with Crippen LogP contribution >= 0.6 is 15.9 Å². The second-order valence-corrected chi connectivity index (χ2v) is 4.18. The number of hydrogen-bond acceptors (Lipinski definition) is 4. The van der Waals surface area contributed by atoms with Crippen LogP contribution in [0.25, 0.3) is 0 Å². The Hall–Kier alpha value is -1.63. The molecule has 1 N–H and O–H groups in total. The number of aromatic amines is 1. The van der Waals surface area contributed by atoms with Gasteiger partial charge in [-0.2, -0.15) is 5.10 Å². The third-order valence-electron chi connectivity index (χ3n) is 2.04. The average molecular weight is 299 g/mol. The van der Waals surface area contributed by atoms with Gasteiger partial charge in [-0.15, -0.1) is 0 Å². The number of halogens is 1. The second kappa shape index (κ2) is 5.13. The molecule has 0 aliphatic carbocycles. The molecule has 17 heavy (non-hydrogen) atoms. The van der Waals surface area contributed by atoms with Crippen molar-refractivity contribution >= 4 is 15.9 Å². The van der Waals surface area contributed by atoms with Crippen molar-refractivity contribution in [1.29, 1.82) is 0 Å². The van der Waals surface area contributed by atoms with Crippen molar-refractivity contribution in [2.75, 3.05) is 0 Å². The standard InChI is InChI=1S/C10H11BrN4O2/c1-2-3-15-5-7(4-14-15)17-10-8(11)9(16)12-6-13-10/h4-6H,2-3H2,1H3,(H,12,13,16). The first-order valence-corrected chi connectivity index (χ1v) is 5.93. The van der Waals surface area contributed by atoms with E-state index in [1.54, 1.807) is 17.1 Å². The van der Waals surface area contributed by atoms with Crippen LogP contribution in [0.2, 0.25) is 0 Å². The van der Waals surface area contributed by atoms with Crippen molar-refractivity contribution in [3.05, 3.63) is 33.5 Å². The Labute approximate surface area is 106 Å². The van der Waals surface area contributed by atoms with E-state index in [2.05, 4.69) is 37.9 Å². The fourth-order valence-electron chi connectivity index (χ4n) is 1.30. The highest BCUT2D eigenvalue weighted by Crippen LogP contribution is 2.23. The van der Waals surface area contributed by atoms with Crippen LogP contribution in [0.3, 0.4) is 0 Å². The van der Waals surface area contributed by atoms with Crippen LogP contribution in [0.15, 0.2) is 28.0 Å². The highest BCUT2D eigenvalue weighted by Gasteiger charge is 2.08. The molecule has 2 aromatic heterocycles. The number of aromatic nitrogens is 4. The monoisotopic (exact) mass is 298 g/mol. The molecule has 0 radical (unpaired) electrons. The molecule has 2 aromatic rings. The maximum Gasteiger partial charge on any atom is 0.268 e. The maximum atomic E-state index is 11.3. The van der Waals surface area contributed by atoms with Crippen LogP contribution < -0.4 is 10.3 Å². The Kier molecular flexibility index (Phi) is 3.58. The summed E-state index contributed by atoms with van der Waals surface area (Å²) in [6.45, 7) is 2.89. The van der Waals surface area contributed by atoms with Gasteiger partial charge >= 0.3 is 0 Å². The Morgan fingerprint density at radius 1 is 1.59 bits per heavy atom. The van der Waals surface area contributed by atoms with E-state index < -0.39 is 0 Å². The number of nitrogens with zero attached hydrogens (tertiary/aromatic N) is 3. The molecular weight excluding hydrogens is 288 g/mol. The van der Waals surface area contributed by atoms with E-state index in [0.29, 0.717) is 5.75 Å². The number of ether oxygens (including phenoxy) is 1. The smallest absolute Gasteiger partial charge is 0.268 e. The zero-order chi connectivity index (χ0) is 12.3. The first-order chi connectivity index (χ1) is 8.20. The Morgan fingerprint density at radius 2 is 2.41 bits per heavy atom. The minimum atomic E-state index is -0.282. The summed E-state index contributed by atoms with van der Waals surface area (Å²) < 4.78 is 7.50. The molecule has 0 aliphatic heterocycles. The van der Waals surface area contributed by atoms with Crippen LogP contribution in [0, 0.1) is 0 Å². The molecule has 0 bridgehead atoms. The van der Waals surface area contributed by atoms with Crippen molar-refractivity contribution in [3.63, 3.8) is 0 Å². The molecule has 2 heterocycles. The molecule has 2 rings (SSSR count). The Morgan fingerprint density at radius 3 is 3.18 bits per heavy atom. The van der Waals surface area contributed by atoms with E-state index in [9.17, 15) is 4.79 Å². The topological polar surface area (TPSA) is 72.8 Å². The number of H-pyrrole nitrogens is 1. The Balaban J connectivity index is 2.19. The zero-order valence-electron chi connectivity index (χ0n) is 9.18. The number of nitrogens with one attached hydrogen (secondary N) is 1. The van der Waals surface area contributed by atoms with Gasteiger partial charge in [-0.05, 0) is 22.4 Å². The molecule has 0 atom stereocenters. The van der Waals surface area contributed by atoms with Crippen molar-refractivity contribution < 1.29 is 4.74 Å². The van der Waals surface area contributed by atoms with E-state index in [0.717, 1.165) is 13.0 Å². The summed E-state index contributed by atoms with van der Waals surface area (Å²) in [5, 5.41) is 4.12. The van der Waals surface area contributed by atoms with Gasteiger partial charge in [-0.3, -0.25) is 9.48 Å². The van der Waals surface area contributed by atoms with E-state index >= 15 is 0 Å². The largest absolute Gasteiger partial charge is 0.434 e. The molecule has 7 heteroatoms. The van der Waals surface area contributed by atoms with Crippen LogP contribution in [0.1, 0.15) is 13.3 Å². The summed E-state index contributed by atoms with van der Waals surface area (Å²) in [7, 11) is 0. The second-order valence-electron chi connectivity index (χ2n) is 3.39. The van der Waals surface area contributed by atoms with E-state index in [4.69, 9.17) is 4.74 Å². The summed E-state index contributed by atoms with van der Waals surface area (Å²) >= 11 is 3.12. The van der Waals surface area contributed by atoms with Gasteiger partial charge in [0, 0.05) is 6.54 Å². The third kappa shape index (κ3) is 2.73. The lowest BCUT2D eigenvalue weighted by Gasteiger charge is -2.02. The van der Waals surface area contributed by atoms with E-state index in [1.807, 2.05) is 0 Å². The van der Waals surface area contributed by atoms with Crippen LogP contribution in [0.5, 0.6) is 11.6 Å². The predicted octanol–water partition coefficient (Wildman–Crippen LogP) is 1.93. The van der Waals surface area contributed by atoms with Crippen molar-refractivity contribution in [2.24, 2.45) is 0 Å². The summed E-state index contributed by atoms with van der Waals surface area (Å²) in [5.41, 5.74) is -0.282.